The predicted octanol–water partition coefficient (Wildman–Crippen LogP) is 20.8. The zero-order valence-electron chi connectivity index (χ0n) is 48.3. The van der Waals surface area contributed by atoms with Crippen molar-refractivity contribution in [3.05, 3.63) is 146 Å². The van der Waals surface area contributed by atoms with Gasteiger partial charge in [0.2, 0.25) is 0 Å². The first-order chi connectivity index (χ1) is 37.0. The molecule has 0 aliphatic heterocycles. The van der Waals surface area contributed by atoms with Crippen molar-refractivity contribution in [3.63, 3.8) is 0 Å². The van der Waals surface area contributed by atoms with E-state index in [9.17, 15) is 14.4 Å². The van der Waals surface area contributed by atoms with Crippen molar-refractivity contribution < 1.29 is 28.6 Å². The summed E-state index contributed by atoms with van der Waals surface area (Å²) >= 11 is 0. The lowest BCUT2D eigenvalue weighted by atomic mass is 10.1. The van der Waals surface area contributed by atoms with Crippen molar-refractivity contribution in [2.45, 2.75) is 258 Å². The van der Waals surface area contributed by atoms with Crippen molar-refractivity contribution in [3.8, 4) is 0 Å². The van der Waals surface area contributed by atoms with Crippen LogP contribution < -0.4 is 0 Å². The molecule has 1 unspecified atom stereocenters. The quantitative estimate of drug-likeness (QED) is 0.0261. The Morgan fingerprint density at radius 2 is 0.520 bits per heavy atom. The van der Waals surface area contributed by atoms with Crippen LogP contribution in [0.3, 0.4) is 0 Å². The summed E-state index contributed by atoms with van der Waals surface area (Å²) in [5.74, 6) is -0.977. The molecule has 6 heteroatoms. The molecule has 0 aromatic heterocycles. The second kappa shape index (κ2) is 61.8. The van der Waals surface area contributed by atoms with Crippen LogP contribution in [0.25, 0.3) is 0 Å². The molecule has 1 atom stereocenters. The Balaban J connectivity index is 4.52. The fraction of sp³-hybridized carbons (Fsp3) is 0.609. The van der Waals surface area contributed by atoms with Gasteiger partial charge in [0.15, 0.2) is 6.10 Å². The number of allylic oxidation sites excluding steroid dienone is 24. The Morgan fingerprint density at radius 3 is 0.840 bits per heavy atom. The number of ether oxygens (including phenoxy) is 3. The van der Waals surface area contributed by atoms with Crippen LogP contribution in [0.1, 0.15) is 252 Å². The molecule has 0 heterocycles. The van der Waals surface area contributed by atoms with Crippen LogP contribution in [0, 0.1) is 0 Å². The second-order valence-electron chi connectivity index (χ2n) is 19.5. The SMILES string of the molecule is CC/C=C\C/C=C\C/C=C\C/C=C\C/C=C\C/C=C\CCCCC(=O)OCC(COC(=O)CCCCCCC/C=C\C/C=C\CCCCC)OC(=O)CCCCCCCCCC/C=C\C/C=C\C/C=C\C/C=C\CC. The number of carbonyl (C=O) groups is 3. The summed E-state index contributed by atoms with van der Waals surface area (Å²) in [6.45, 7) is 6.33. The highest BCUT2D eigenvalue weighted by atomic mass is 16.6. The number of unbranched alkanes of at least 4 members (excludes halogenated alkanes) is 18. The molecule has 0 spiro atoms. The van der Waals surface area contributed by atoms with E-state index in [-0.39, 0.29) is 31.1 Å². The van der Waals surface area contributed by atoms with Gasteiger partial charge < -0.3 is 14.2 Å². The van der Waals surface area contributed by atoms with E-state index in [1.54, 1.807) is 0 Å². The van der Waals surface area contributed by atoms with Gasteiger partial charge in [-0.05, 0) is 141 Å². The Hall–Kier alpha value is -4.71. The molecule has 0 N–H and O–H groups in total. The molecule has 0 bridgehead atoms. The van der Waals surface area contributed by atoms with Gasteiger partial charge >= 0.3 is 17.9 Å². The zero-order chi connectivity index (χ0) is 54.3. The number of rotatable bonds is 53. The van der Waals surface area contributed by atoms with E-state index in [0.29, 0.717) is 25.7 Å². The molecule has 75 heavy (non-hydrogen) atoms. The van der Waals surface area contributed by atoms with Crippen molar-refractivity contribution in [1.29, 1.82) is 0 Å². The Kier molecular flexibility index (Phi) is 58.0. The van der Waals surface area contributed by atoms with Crippen LogP contribution in [-0.4, -0.2) is 37.2 Å². The van der Waals surface area contributed by atoms with Crippen LogP contribution in [-0.2, 0) is 28.6 Å². The molecule has 0 aromatic carbocycles. The van der Waals surface area contributed by atoms with Crippen molar-refractivity contribution in [1.82, 2.24) is 0 Å². The maximum absolute atomic E-state index is 12.9. The summed E-state index contributed by atoms with van der Waals surface area (Å²) in [7, 11) is 0. The zero-order valence-corrected chi connectivity index (χ0v) is 48.3. The molecular weight excluding hydrogens is 925 g/mol. The average Bonchev–Trinajstić information content (AvgIpc) is 3.41. The highest BCUT2D eigenvalue weighted by Gasteiger charge is 2.19. The van der Waals surface area contributed by atoms with Gasteiger partial charge in [-0.25, -0.2) is 0 Å². The van der Waals surface area contributed by atoms with Crippen LogP contribution in [0.4, 0.5) is 0 Å². The number of hydrogen-bond acceptors (Lipinski definition) is 6. The van der Waals surface area contributed by atoms with Crippen molar-refractivity contribution >= 4 is 17.9 Å². The summed E-state index contributed by atoms with van der Waals surface area (Å²) in [6, 6.07) is 0. The summed E-state index contributed by atoms with van der Waals surface area (Å²) in [6.07, 6.45) is 88.4. The first-order valence-electron chi connectivity index (χ1n) is 30.3. The molecule has 0 saturated carbocycles. The summed E-state index contributed by atoms with van der Waals surface area (Å²) in [4.78, 5) is 38.3. The first-order valence-corrected chi connectivity index (χ1v) is 30.3. The van der Waals surface area contributed by atoms with E-state index in [2.05, 4.69) is 167 Å². The largest absolute Gasteiger partial charge is 0.462 e. The van der Waals surface area contributed by atoms with Gasteiger partial charge in [-0.1, -0.05) is 237 Å². The monoisotopic (exact) mass is 1030 g/mol. The van der Waals surface area contributed by atoms with Gasteiger partial charge in [-0.15, -0.1) is 0 Å². The molecular formula is C69H110O6. The molecule has 0 saturated heterocycles. The molecule has 422 valence electrons. The standard InChI is InChI=1S/C69H110O6/c1-4-7-10-13-16-19-22-25-28-30-32-34-36-38-41-44-47-50-53-56-59-62-68(71)74-65-66(64-73-67(70)61-58-55-52-49-46-43-40-27-24-21-18-15-12-9-6-3)75-69(72)63-60-57-54-51-48-45-42-39-37-35-33-31-29-26-23-20-17-14-11-8-5-2/h7-8,10-11,16-21,25-29,32-35,38,40-41,47,50,66H,4-6,9,12-15,22-24,30-31,36-37,39,42-46,48-49,51-65H2,1-3H3/b10-7-,11-8-,19-16-,20-17-,21-18-,28-25-,29-26-,34-32-,35-33-,40-27-,41-38-,50-47-. The molecule has 6 nitrogen and oxygen atoms in total. The highest BCUT2D eigenvalue weighted by molar-refractivity contribution is 5.71. The fourth-order valence-electron chi connectivity index (χ4n) is 7.82. The van der Waals surface area contributed by atoms with Gasteiger partial charge in [-0.2, -0.15) is 0 Å². The van der Waals surface area contributed by atoms with Gasteiger partial charge in [0, 0.05) is 19.3 Å². The van der Waals surface area contributed by atoms with Crippen LogP contribution in [0.15, 0.2) is 146 Å². The normalized spacial score (nSPS) is 13.2. The summed E-state index contributed by atoms with van der Waals surface area (Å²) in [5.41, 5.74) is 0. The van der Waals surface area contributed by atoms with E-state index in [1.807, 2.05) is 0 Å². The summed E-state index contributed by atoms with van der Waals surface area (Å²) < 4.78 is 16.9. The molecule has 0 aliphatic carbocycles. The maximum Gasteiger partial charge on any atom is 0.306 e. The highest BCUT2D eigenvalue weighted by Crippen LogP contribution is 2.14. The van der Waals surface area contributed by atoms with Crippen LogP contribution in [0.2, 0.25) is 0 Å². The Morgan fingerprint density at radius 1 is 0.280 bits per heavy atom. The Labute approximate surface area is 461 Å². The van der Waals surface area contributed by atoms with Gasteiger partial charge in [0.05, 0.1) is 0 Å². The van der Waals surface area contributed by atoms with Crippen molar-refractivity contribution in [2.24, 2.45) is 0 Å². The Bertz CT molecular complexity index is 1660. The lowest BCUT2D eigenvalue weighted by Gasteiger charge is -2.18. The number of hydrogen-bond donors (Lipinski definition) is 0. The lowest BCUT2D eigenvalue weighted by Crippen LogP contribution is -2.30. The molecule has 0 aromatic rings. The predicted molar refractivity (Wildman–Crippen MR) is 325 cm³/mol. The van der Waals surface area contributed by atoms with E-state index in [1.165, 1.54) is 57.8 Å². The second-order valence-corrected chi connectivity index (χ2v) is 19.5. The number of esters is 3. The molecule has 0 radical (unpaired) electrons. The van der Waals surface area contributed by atoms with Crippen molar-refractivity contribution in [2.75, 3.05) is 13.2 Å². The van der Waals surface area contributed by atoms with Gasteiger partial charge in [-0.3, -0.25) is 14.4 Å². The van der Waals surface area contributed by atoms with Crippen LogP contribution >= 0.6 is 0 Å². The third-order valence-corrected chi connectivity index (χ3v) is 12.3. The first kappa shape index (κ1) is 70.3. The lowest BCUT2D eigenvalue weighted by molar-refractivity contribution is -0.167. The molecule has 0 fully saturated rings. The molecule has 0 amide bonds. The minimum absolute atomic E-state index is 0.108. The van der Waals surface area contributed by atoms with E-state index >= 15 is 0 Å². The summed E-state index contributed by atoms with van der Waals surface area (Å²) in [5, 5.41) is 0. The minimum atomic E-state index is -0.814. The minimum Gasteiger partial charge on any atom is -0.462 e. The van der Waals surface area contributed by atoms with E-state index in [0.717, 1.165) is 148 Å². The smallest absolute Gasteiger partial charge is 0.306 e. The average molecular weight is 1040 g/mol. The van der Waals surface area contributed by atoms with E-state index in [4.69, 9.17) is 14.2 Å². The number of carbonyl (C=O) groups excluding carboxylic acids is 3. The third-order valence-electron chi connectivity index (χ3n) is 12.3. The molecule has 0 rings (SSSR count). The van der Waals surface area contributed by atoms with E-state index < -0.39 is 6.10 Å². The third kappa shape index (κ3) is 60.0. The van der Waals surface area contributed by atoms with Gasteiger partial charge in [0.1, 0.15) is 13.2 Å². The topological polar surface area (TPSA) is 78.9 Å². The fourth-order valence-corrected chi connectivity index (χ4v) is 7.82. The van der Waals surface area contributed by atoms with Gasteiger partial charge in [0.25, 0.3) is 0 Å². The maximum atomic E-state index is 12.9. The van der Waals surface area contributed by atoms with Crippen LogP contribution in [0.5, 0.6) is 0 Å². The molecule has 0 aliphatic rings.